The number of β-amino-alcohol motifs (C(OH)–C–C–N with tert-alkyl or cyclic N) is 1. The highest BCUT2D eigenvalue weighted by atomic mass is 16.3. The summed E-state index contributed by atoms with van der Waals surface area (Å²) in [5.41, 5.74) is 0. The number of hydrogen-bond acceptors (Lipinski definition) is 2. The largest absolute Gasteiger partial charge is 0.391 e. The lowest BCUT2D eigenvalue weighted by atomic mass is 10.0. The molecule has 1 aliphatic heterocycles. The van der Waals surface area contributed by atoms with Crippen LogP contribution in [0.25, 0.3) is 0 Å². The second-order valence-electron chi connectivity index (χ2n) is 5.56. The monoisotopic (exact) mass is 242 g/mol. The fourth-order valence-electron chi connectivity index (χ4n) is 2.10. The lowest BCUT2D eigenvalue weighted by Crippen LogP contribution is -2.49. The molecule has 17 heavy (non-hydrogen) atoms. The van der Waals surface area contributed by atoms with Crippen molar-refractivity contribution in [1.29, 1.82) is 0 Å². The molecule has 0 spiro atoms. The molecule has 1 saturated heterocycles. The molecule has 0 aromatic heterocycles. The summed E-state index contributed by atoms with van der Waals surface area (Å²) in [6.45, 7) is 7.66. The molecule has 4 heteroatoms. The quantitative estimate of drug-likeness (QED) is 0.792. The Balaban J connectivity index is 2.27. The summed E-state index contributed by atoms with van der Waals surface area (Å²) in [6, 6.07) is 0.184. The molecule has 2 unspecified atom stereocenters. The van der Waals surface area contributed by atoms with Gasteiger partial charge in [-0.3, -0.25) is 0 Å². The third-order valence-electron chi connectivity index (χ3n) is 3.23. The van der Waals surface area contributed by atoms with Gasteiger partial charge < -0.3 is 15.3 Å². The third-order valence-corrected chi connectivity index (χ3v) is 3.23. The van der Waals surface area contributed by atoms with Crippen molar-refractivity contribution in [3.05, 3.63) is 0 Å². The second-order valence-corrected chi connectivity index (χ2v) is 5.56. The molecule has 0 aliphatic carbocycles. The van der Waals surface area contributed by atoms with Crippen molar-refractivity contribution in [2.75, 3.05) is 13.1 Å². The highest BCUT2D eigenvalue weighted by Crippen LogP contribution is 2.11. The summed E-state index contributed by atoms with van der Waals surface area (Å²) in [5.74, 6) is 0.672. The van der Waals surface area contributed by atoms with Gasteiger partial charge in [0.25, 0.3) is 0 Å². The van der Waals surface area contributed by atoms with Gasteiger partial charge in [0, 0.05) is 19.1 Å². The van der Waals surface area contributed by atoms with Crippen LogP contribution in [-0.4, -0.2) is 41.3 Å². The first-order valence-corrected chi connectivity index (χ1v) is 6.72. The van der Waals surface area contributed by atoms with E-state index in [9.17, 15) is 9.90 Å². The van der Waals surface area contributed by atoms with Crippen LogP contribution >= 0.6 is 0 Å². The normalized spacial score (nSPS) is 22.6. The molecule has 0 bridgehead atoms. The highest BCUT2D eigenvalue weighted by molar-refractivity contribution is 5.74. The predicted octanol–water partition coefficient (Wildman–Crippen LogP) is 1.98. The maximum absolute atomic E-state index is 11.9. The van der Waals surface area contributed by atoms with Crippen LogP contribution in [0.1, 0.15) is 46.5 Å². The van der Waals surface area contributed by atoms with Crippen LogP contribution in [0, 0.1) is 5.92 Å². The summed E-state index contributed by atoms with van der Waals surface area (Å²) in [4.78, 5) is 13.6. The van der Waals surface area contributed by atoms with E-state index in [1.165, 1.54) is 0 Å². The number of aliphatic hydroxyl groups excluding tert-OH is 1. The van der Waals surface area contributed by atoms with Gasteiger partial charge in [0.15, 0.2) is 0 Å². The molecule has 2 atom stereocenters. The molecule has 4 nitrogen and oxygen atoms in total. The lowest BCUT2D eigenvalue weighted by Gasteiger charge is -2.31. The molecule has 0 aromatic rings. The van der Waals surface area contributed by atoms with E-state index in [1.807, 2.05) is 6.92 Å². The Labute approximate surface area is 104 Å². The Morgan fingerprint density at radius 3 is 2.71 bits per heavy atom. The van der Waals surface area contributed by atoms with E-state index in [0.29, 0.717) is 12.5 Å². The number of amides is 2. The number of rotatable bonds is 4. The van der Waals surface area contributed by atoms with Crippen LogP contribution < -0.4 is 5.32 Å². The molecule has 1 fully saturated rings. The van der Waals surface area contributed by atoms with Gasteiger partial charge in [-0.25, -0.2) is 4.79 Å². The topological polar surface area (TPSA) is 52.6 Å². The average molecular weight is 242 g/mol. The first kappa shape index (κ1) is 14.3. The third kappa shape index (κ3) is 5.39. The zero-order chi connectivity index (χ0) is 12.8. The summed E-state index contributed by atoms with van der Waals surface area (Å²) in [6.07, 6.45) is 3.51. The minimum atomic E-state index is -0.347. The van der Waals surface area contributed by atoms with Crippen LogP contribution in [-0.2, 0) is 0 Å². The smallest absolute Gasteiger partial charge is 0.317 e. The fourth-order valence-corrected chi connectivity index (χ4v) is 2.10. The highest BCUT2D eigenvalue weighted by Gasteiger charge is 2.22. The van der Waals surface area contributed by atoms with Gasteiger partial charge in [-0.1, -0.05) is 13.8 Å². The Hall–Kier alpha value is -0.770. The first-order chi connectivity index (χ1) is 7.99. The molecular weight excluding hydrogens is 216 g/mol. The van der Waals surface area contributed by atoms with Crippen LogP contribution in [0.4, 0.5) is 4.79 Å². The standard InChI is InChI=1S/C13H26N2O2/c1-10(2)6-7-11(3)14-13(17)15-8-4-5-12(16)9-15/h10-12,16H,4-9H2,1-3H3,(H,14,17). The van der Waals surface area contributed by atoms with E-state index in [-0.39, 0.29) is 18.2 Å². The van der Waals surface area contributed by atoms with E-state index in [0.717, 1.165) is 32.2 Å². The average Bonchev–Trinajstić information content (AvgIpc) is 2.26. The molecule has 1 heterocycles. The number of nitrogens with zero attached hydrogens (tertiary/aromatic N) is 1. The number of likely N-dealkylation sites (tertiary alicyclic amines) is 1. The molecule has 1 rings (SSSR count). The van der Waals surface area contributed by atoms with Crippen LogP contribution in [0.15, 0.2) is 0 Å². The maximum atomic E-state index is 11.9. The van der Waals surface area contributed by atoms with E-state index in [4.69, 9.17) is 0 Å². The maximum Gasteiger partial charge on any atom is 0.317 e. The van der Waals surface area contributed by atoms with Crippen LogP contribution in [0.2, 0.25) is 0 Å². The van der Waals surface area contributed by atoms with Crippen molar-refractivity contribution in [2.45, 2.75) is 58.6 Å². The van der Waals surface area contributed by atoms with Crippen molar-refractivity contribution in [3.8, 4) is 0 Å². The molecule has 2 N–H and O–H groups in total. The van der Waals surface area contributed by atoms with Gasteiger partial charge in [-0.05, 0) is 38.5 Å². The Morgan fingerprint density at radius 1 is 1.41 bits per heavy atom. The van der Waals surface area contributed by atoms with Crippen molar-refractivity contribution in [2.24, 2.45) is 5.92 Å². The van der Waals surface area contributed by atoms with Crippen molar-refractivity contribution < 1.29 is 9.90 Å². The minimum Gasteiger partial charge on any atom is -0.391 e. The number of nitrogens with one attached hydrogen (secondary N) is 1. The van der Waals surface area contributed by atoms with Gasteiger partial charge in [-0.2, -0.15) is 0 Å². The van der Waals surface area contributed by atoms with Gasteiger partial charge in [-0.15, -0.1) is 0 Å². The number of carbonyl (C=O) groups excluding carboxylic acids is 1. The fraction of sp³-hybridized carbons (Fsp3) is 0.923. The number of aliphatic hydroxyl groups is 1. The summed E-state index contributed by atoms with van der Waals surface area (Å²) in [7, 11) is 0. The van der Waals surface area contributed by atoms with Crippen molar-refractivity contribution in [1.82, 2.24) is 10.2 Å². The number of piperidine rings is 1. The molecule has 100 valence electrons. The van der Waals surface area contributed by atoms with Gasteiger partial charge in [0.05, 0.1) is 6.10 Å². The van der Waals surface area contributed by atoms with E-state index >= 15 is 0 Å². The number of urea groups is 1. The van der Waals surface area contributed by atoms with Crippen molar-refractivity contribution in [3.63, 3.8) is 0 Å². The number of hydrogen-bond donors (Lipinski definition) is 2. The van der Waals surface area contributed by atoms with E-state index in [2.05, 4.69) is 19.2 Å². The molecule has 0 aromatic carbocycles. The molecule has 2 amide bonds. The number of carbonyl (C=O) groups is 1. The second kappa shape index (κ2) is 6.84. The zero-order valence-corrected chi connectivity index (χ0v) is 11.3. The van der Waals surface area contributed by atoms with Gasteiger partial charge in [0.2, 0.25) is 0 Å². The van der Waals surface area contributed by atoms with Gasteiger partial charge >= 0.3 is 6.03 Å². The summed E-state index contributed by atoms with van der Waals surface area (Å²) < 4.78 is 0. The van der Waals surface area contributed by atoms with Crippen molar-refractivity contribution >= 4 is 6.03 Å². The van der Waals surface area contributed by atoms with Gasteiger partial charge in [0.1, 0.15) is 0 Å². The summed E-state index contributed by atoms with van der Waals surface area (Å²) >= 11 is 0. The van der Waals surface area contributed by atoms with E-state index in [1.54, 1.807) is 4.90 Å². The predicted molar refractivity (Wildman–Crippen MR) is 68.9 cm³/mol. The Morgan fingerprint density at radius 2 is 2.12 bits per heavy atom. The van der Waals surface area contributed by atoms with Crippen LogP contribution in [0.3, 0.4) is 0 Å². The Bertz CT molecular complexity index is 244. The molecular formula is C13H26N2O2. The van der Waals surface area contributed by atoms with E-state index < -0.39 is 0 Å². The molecule has 1 aliphatic rings. The molecule has 0 radical (unpaired) electrons. The first-order valence-electron chi connectivity index (χ1n) is 6.72. The van der Waals surface area contributed by atoms with Crippen LogP contribution in [0.5, 0.6) is 0 Å². The zero-order valence-electron chi connectivity index (χ0n) is 11.3. The lowest BCUT2D eigenvalue weighted by molar-refractivity contribution is 0.0833. The summed E-state index contributed by atoms with van der Waals surface area (Å²) in [5, 5.41) is 12.5. The Kier molecular flexibility index (Phi) is 5.75. The SMILES string of the molecule is CC(C)CCC(C)NC(=O)N1CCCC(O)C1. The minimum absolute atomic E-state index is 0.0278. The molecule has 0 saturated carbocycles.